The lowest BCUT2D eigenvalue weighted by Gasteiger charge is -2.32. The number of thiophene rings is 2. The van der Waals surface area contributed by atoms with Crippen molar-refractivity contribution in [1.82, 2.24) is 10.6 Å². The summed E-state index contributed by atoms with van der Waals surface area (Å²) >= 11 is 15.8. The van der Waals surface area contributed by atoms with Crippen LogP contribution in [0.25, 0.3) is 20.2 Å². The highest BCUT2D eigenvalue weighted by atomic mass is 35.5. The SMILES string of the molecule is COc1ccc2c(Cl)c(C(=O)N[C@@H]3CCCC[C@H]3NC(=O)c3sc4cc(OC)ccc4c3Cl)sc2c1. The van der Waals surface area contributed by atoms with Crippen LogP contribution in [0, 0.1) is 0 Å². The molecule has 2 atom stereocenters. The molecule has 1 aliphatic rings. The van der Waals surface area contributed by atoms with Crippen molar-refractivity contribution in [2.45, 2.75) is 37.8 Å². The van der Waals surface area contributed by atoms with E-state index in [2.05, 4.69) is 10.6 Å². The standard InChI is InChI=1S/C26H24Cl2N2O4S2/c1-33-13-7-9-15-19(11-13)35-23(21(15)27)25(31)29-17-5-3-4-6-18(17)30-26(32)24-22(28)16-10-8-14(34-2)12-20(16)36-24/h7-12,17-18H,3-6H2,1-2H3,(H,29,31)(H,30,32)/t17-,18-/m1/s1. The fraction of sp³-hybridized carbons (Fsp3) is 0.308. The fourth-order valence-corrected chi connectivity index (χ4v) is 7.48. The Balaban J connectivity index is 1.34. The average Bonchev–Trinajstić information content (AvgIpc) is 3.40. The minimum Gasteiger partial charge on any atom is -0.497 e. The van der Waals surface area contributed by atoms with Gasteiger partial charge in [0, 0.05) is 32.3 Å². The number of rotatable bonds is 6. The summed E-state index contributed by atoms with van der Waals surface area (Å²) in [5.41, 5.74) is 0. The second-order valence-electron chi connectivity index (χ2n) is 8.66. The summed E-state index contributed by atoms with van der Waals surface area (Å²) in [6.07, 6.45) is 3.48. The van der Waals surface area contributed by atoms with Crippen LogP contribution < -0.4 is 20.1 Å². The normalized spacial score (nSPS) is 17.8. The highest BCUT2D eigenvalue weighted by molar-refractivity contribution is 7.22. The topological polar surface area (TPSA) is 76.7 Å². The largest absolute Gasteiger partial charge is 0.497 e. The molecule has 5 rings (SSSR count). The number of benzene rings is 2. The molecule has 36 heavy (non-hydrogen) atoms. The summed E-state index contributed by atoms with van der Waals surface area (Å²) in [5, 5.41) is 8.74. The van der Waals surface area contributed by atoms with Crippen LogP contribution in [0.3, 0.4) is 0 Å². The highest BCUT2D eigenvalue weighted by Gasteiger charge is 2.31. The Kier molecular flexibility index (Phi) is 7.30. The lowest BCUT2D eigenvalue weighted by molar-refractivity contribution is 0.0867. The van der Waals surface area contributed by atoms with Gasteiger partial charge in [-0.1, -0.05) is 36.0 Å². The molecular weight excluding hydrogens is 539 g/mol. The number of hydrogen-bond donors (Lipinski definition) is 2. The average molecular weight is 564 g/mol. The second kappa shape index (κ2) is 10.5. The van der Waals surface area contributed by atoms with Gasteiger partial charge in [0.25, 0.3) is 11.8 Å². The van der Waals surface area contributed by atoms with Crippen molar-refractivity contribution in [3.63, 3.8) is 0 Å². The first-order chi connectivity index (χ1) is 17.4. The minimum absolute atomic E-state index is 0.209. The predicted octanol–water partition coefficient (Wildman–Crippen LogP) is 6.91. The Morgan fingerprint density at radius 2 is 1.19 bits per heavy atom. The van der Waals surface area contributed by atoms with Crippen molar-refractivity contribution in [3.05, 3.63) is 56.2 Å². The molecule has 0 bridgehead atoms. The third-order valence-corrected chi connectivity index (χ3v) is 9.80. The quantitative estimate of drug-likeness (QED) is 0.267. The van der Waals surface area contributed by atoms with Crippen LogP contribution >= 0.6 is 45.9 Å². The van der Waals surface area contributed by atoms with Crippen molar-refractivity contribution < 1.29 is 19.1 Å². The van der Waals surface area contributed by atoms with Gasteiger partial charge in [-0.3, -0.25) is 9.59 Å². The zero-order valence-electron chi connectivity index (χ0n) is 19.7. The lowest BCUT2D eigenvalue weighted by atomic mass is 9.90. The molecule has 0 saturated heterocycles. The summed E-state index contributed by atoms with van der Waals surface area (Å²) in [5.74, 6) is 0.943. The number of nitrogens with one attached hydrogen (secondary N) is 2. The van der Waals surface area contributed by atoms with Gasteiger partial charge in [0.2, 0.25) is 0 Å². The summed E-state index contributed by atoms with van der Waals surface area (Å²) in [4.78, 5) is 27.4. The number of fused-ring (bicyclic) bond motifs is 2. The number of methoxy groups -OCH3 is 2. The summed E-state index contributed by atoms with van der Waals surface area (Å²) in [6.45, 7) is 0. The molecule has 1 aliphatic carbocycles. The van der Waals surface area contributed by atoms with Crippen molar-refractivity contribution in [2.24, 2.45) is 0 Å². The van der Waals surface area contributed by atoms with E-state index in [0.29, 0.717) is 31.3 Å². The van der Waals surface area contributed by atoms with E-state index in [0.717, 1.165) is 45.9 Å². The van der Waals surface area contributed by atoms with Crippen molar-refractivity contribution in [3.8, 4) is 11.5 Å². The first kappa shape index (κ1) is 25.1. The molecule has 4 aromatic rings. The molecule has 2 heterocycles. The van der Waals surface area contributed by atoms with Crippen molar-refractivity contribution in [2.75, 3.05) is 14.2 Å². The number of carbonyl (C=O) groups excluding carboxylic acids is 2. The maximum absolute atomic E-state index is 13.2. The van der Waals surface area contributed by atoms with E-state index in [1.165, 1.54) is 22.7 Å². The smallest absolute Gasteiger partial charge is 0.263 e. The van der Waals surface area contributed by atoms with Crippen LogP contribution in [0.4, 0.5) is 0 Å². The highest BCUT2D eigenvalue weighted by Crippen LogP contribution is 2.39. The molecule has 2 aromatic carbocycles. The molecule has 2 N–H and O–H groups in total. The Labute approximate surface area is 226 Å². The van der Waals surface area contributed by atoms with Crippen LogP contribution in [0.2, 0.25) is 10.0 Å². The molecule has 0 aliphatic heterocycles. The molecule has 2 aromatic heterocycles. The van der Waals surface area contributed by atoms with Gasteiger partial charge in [-0.2, -0.15) is 0 Å². The minimum atomic E-state index is -0.238. The van der Waals surface area contributed by atoms with E-state index in [-0.39, 0.29) is 23.9 Å². The van der Waals surface area contributed by atoms with E-state index in [1.54, 1.807) is 14.2 Å². The molecule has 2 amide bonds. The van der Waals surface area contributed by atoms with Gasteiger partial charge in [0.1, 0.15) is 21.3 Å². The number of hydrogen-bond acceptors (Lipinski definition) is 6. The maximum atomic E-state index is 13.2. The molecule has 188 valence electrons. The molecule has 6 nitrogen and oxygen atoms in total. The van der Waals surface area contributed by atoms with Crippen LogP contribution in [-0.2, 0) is 0 Å². The Hall–Kier alpha value is -2.52. The van der Waals surface area contributed by atoms with E-state index in [9.17, 15) is 9.59 Å². The summed E-state index contributed by atoms with van der Waals surface area (Å²) in [6, 6.07) is 10.7. The van der Waals surface area contributed by atoms with Crippen LogP contribution in [0.1, 0.15) is 45.0 Å². The first-order valence-electron chi connectivity index (χ1n) is 11.5. The summed E-state index contributed by atoms with van der Waals surface area (Å²) in [7, 11) is 3.20. The third-order valence-electron chi connectivity index (χ3n) is 6.48. The number of halogens is 2. The Morgan fingerprint density at radius 1 is 0.778 bits per heavy atom. The molecule has 0 radical (unpaired) electrons. The number of carbonyl (C=O) groups is 2. The van der Waals surface area contributed by atoms with Crippen molar-refractivity contribution in [1.29, 1.82) is 0 Å². The maximum Gasteiger partial charge on any atom is 0.263 e. The van der Waals surface area contributed by atoms with Gasteiger partial charge >= 0.3 is 0 Å². The predicted molar refractivity (Wildman–Crippen MR) is 148 cm³/mol. The van der Waals surface area contributed by atoms with Gasteiger partial charge in [-0.15, -0.1) is 22.7 Å². The van der Waals surface area contributed by atoms with Gasteiger partial charge in [-0.25, -0.2) is 0 Å². The van der Waals surface area contributed by atoms with E-state index in [4.69, 9.17) is 32.7 Å². The van der Waals surface area contributed by atoms with Gasteiger partial charge in [0.15, 0.2) is 0 Å². The van der Waals surface area contributed by atoms with Gasteiger partial charge in [-0.05, 0) is 49.2 Å². The van der Waals surface area contributed by atoms with Crippen LogP contribution in [0.5, 0.6) is 11.5 Å². The fourth-order valence-electron chi connectivity index (χ4n) is 4.58. The monoisotopic (exact) mass is 562 g/mol. The molecule has 1 saturated carbocycles. The van der Waals surface area contributed by atoms with E-state index in [1.807, 2.05) is 36.4 Å². The number of ether oxygens (including phenoxy) is 2. The van der Waals surface area contributed by atoms with Crippen molar-refractivity contribution >= 4 is 77.9 Å². The second-order valence-corrected chi connectivity index (χ2v) is 11.5. The van der Waals surface area contributed by atoms with Crippen LogP contribution in [-0.4, -0.2) is 38.1 Å². The third kappa shape index (κ3) is 4.75. The van der Waals surface area contributed by atoms with Gasteiger partial charge in [0.05, 0.1) is 24.3 Å². The number of amides is 2. The molecule has 0 spiro atoms. The summed E-state index contributed by atoms with van der Waals surface area (Å²) < 4.78 is 12.3. The molecule has 0 unspecified atom stereocenters. The molecular formula is C26H24Cl2N2O4S2. The zero-order chi connectivity index (χ0) is 25.4. The molecule has 1 fully saturated rings. The lowest BCUT2D eigenvalue weighted by Crippen LogP contribution is -2.53. The first-order valence-corrected chi connectivity index (χ1v) is 13.9. The van der Waals surface area contributed by atoms with Gasteiger partial charge < -0.3 is 20.1 Å². The molecule has 10 heteroatoms. The Bertz CT molecular complexity index is 1360. The van der Waals surface area contributed by atoms with E-state index < -0.39 is 0 Å². The van der Waals surface area contributed by atoms with E-state index >= 15 is 0 Å². The zero-order valence-corrected chi connectivity index (χ0v) is 22.8. The Morgan fingerprint density at radius 3 is 1.58 bits per heavy atom. The van der Waals surface area contributed by atoms with Crippen LogP contribution in [0.15, 0.2) is 36.4 Å².